The van der Waals surface area contributed by atoms with Crippen LogP contribution in [0.3, 0.4) is 0 Å². The number of ether oxygens (including phenoxy) is 2. The van der Waals surface area contributed by atoms with E-state index in [1.807, 2.05) is 48.5 Å². The second-order valence-electron chi connectivity index (χ2n) is 6.67. The lowest BCUT2D eigenvalue weighted by atomic mass is 10.1. The van der Waals surface area contributed by atoms with E-state index in [1.165, 1.54) is 0 Å². The van der Waals surface area contributed by atoms with Gasteiger partial charge in [0.25, 0.3) is 0 Å². The third-order valence-electron chi connectivity index (χ3n) is 4.67. The highest BCUT2D eigenvalue weighted by atomic mass is 79.9. The molecule has 3 aromatic rings. The highest BCUT2D eigenvalue weighted by Crippen LogP contribution is 2.27. The molecule has 0 aliphatic rings. The zero-order valence-electron chi connectivity index (χ0n) is 16.9. The summed E-state index contributed by atoms with van der Waals surface area (Å²) in [6.07, 6.45) is 1.75. The molecule has 2 unspecified atom stereocenters. The van der Waals surface area contributed by atoms with Gasteiger partial charge in [0.2, 0.25) is 5.95 Å². The number of methoxy groups -OCH3 is 2. The maximum Gasteiger partial charge on any atom is 0.225 e. The first-order valence-corrected chi connectivity index (χ1v) is 10.1. The standard InChI is InChI=1S/C22H25BrN4O2/c1-14(16-5-9-18(28-3)10-6-16)25-21-20(23)13-24-22(27-21)26-15(2)17-7-11-19(29-4)12-8-17/h5-15H,1-4H3,(H2,24,25,26,27). The van der Waals surface area contributed by atoms with Crippen molar-refractivity contribution in [3.63, 3.8) is 0 Å². The molecule has 0 aliphatic carbocycles. The Bertz CT molecular complexity index is 933. The van der Waals surface area contributed by atoms with Crippen molar-refractivity contribution in [1.29, 1.82) is 0 Å². The fraction of sp³-hybridized carbons (Fsp3) is 0.273. The Labute approximate surface area is 179 Å². The Morgan fingerprint density at radius 2 is 1.28 bits per heavy atom. The number of hydrogen-bond donors (Lipinski definition) is 2. The molecule has 0 amide bonds. The van der Waals surface area contributed by atoms with Crippen LogP contribution in [-0.2, 0) is 0 Å². The van der Waals surface area contributed by atoms with Crippen molar-refractivity contribution in [1.82, 2.24) is 9.97 Å². The van der Waals surface area contributed by atoms with E-state index in [0.29, 0.717) is 5.95 Å². The molecule has 2 atom stereocenters. The van der Waals surface area contributed by atoms with Crippen LogP contribution < -0.4 is 20.1 Å². The summed E-state index contributed by atoms with van der Waals surface area (Å²) < 4.78 is 11.2. The number of benzene rings is 2. The van der Waals surface area contributed by atoms with Crippen molar-refractivity contribution >= 4 is 27.7 Å². The van der Waals surface area contributed by atoms with Gasteiger partial charge in [0.05, 0.1) is 24.7 Å². The molecule has 7 heteroatoms. The minimum absolute atomic E-state index is 0.0499. The van der Waals surface area contributed by atoms with Crippen LogP contribution in [-0.4, -0.2) is 24.2 Å². The smallest absolute Gasteiger partial charge is 0.225 e. The summed E-state index contributed by atoms with van der Waals surface area (Å²) in [4.78, 5) is 9.03. The topological polar surface area (TPSA) is 68.3 Å². The van der Waals surface area contributed by atoms with Crippen molar-refractivity contribution in [3.8, 4) is 11.5 Å². The lowest BCUT2D eigenvalue weighted by Gasteiger charge is -2.18. The van der Waals surface area contributed by atoms with Crippen LogP contribution in [0.5, 0.6) is 11.5 Å². The van der Waals surface area contributed by atoms with E-state index >= 15 is 0 Å². The fourth-order valence-corrected chi connectivity index (χ4v) is 3.19. The Balaban J connectivity index is 1.71. The van der Waals surface area contributed by atoms with Gasteiger partial charge in [0, 0.05) is 12.2 Å². The molecule has 152 valence electrons. The molecule has 0 aliphatic heterocycles. The molecule has 0 spiro atoms. The maximum absolute atomic E-state index is 5.22. The maximum atomic E-state index is 5.22. The number of halogens is 1. The van der Waals surface area contributed by atoms with Gasteiger partial charge in [-0.05, 0) is 65.2 Å². The average molecular weight is 457 g/mol. The molecule has 1 heterocycles. The van der Waals surface area contributed by atoms with E-state index in [1.54, 1.807) is 20.4 Å². The summed E-state index contributed by atoms with van der Waals surface area (Å²) in [5.74, 6) is 2.96. The summed E-state index contributed by atoms with van der Waals surface area (Å²) in [6.45, 7) is 4.16. The Kier molecular flexibility index (Phi) is 6.93. The number of nitrogens with one attached hydrogen (secondary N) is 2. The quantitative estimate of drug-likeness (QED) is 0.459. The SMILES string of the molecule is COc1ccc(C(C)Nc2ncc(Br)c(NC(C)c3ccc(OC)cc3)n2)cc1. The van der Waals surface area contributed by atoms with Gasteiger partial charge >= 0.3 is 0 Å². The van der Waals surface area contributed by atoms with Crippen LogP contribution in [0.4, 0.5) is 11.8 Å². The monoisotopic (exact) mass is 456 g/mol. The molecule has 2 N–H and O–H groups in total. The van der Waals surface area contributed by atoms with Gasteiger partial charge in [-0.1, -0.05) is 24.3 Å². The third-order valence-corrected chi connectivity index (χ3v) is 5.25. The van der Waals surface area contributed by atoms with Gasteiger partial charge in [-0.3, -0.25) is 0 Å². The first-order valence-electron chi connectivity index (χ1n) is 9.33. The van der Waals surface area contributed by atoms with Crippen molar-refractivity contribution in [2.24, 2.45) is 0 Å². The molecule has 29 heavy (non-hydrogen) atoms. The molecule has 0 fully saturated rings. The average Bonchev–Trinajstić information content (AvgIpc) is 2.76. The fourth-order valence-electron chi connectivity index (χ4n) is 2.89. The molecule has 0 saturated heterocycles. The number of aromatic nitrogens is 2. The van der Waals surface area contributed by atoms with E-state index in [0.717, 1.165) is 32.9 Å². The van der Waals surface area contributed by atoms with Gasteiger partial charge in [0.1, 0.15) is 17.3 Å². The number of anilines is 2. The van der Waals surface area contributed by atoms with Crippen LogP contribution in [0, 0.1) is 0 Å². The first kappa shape index (κ1) is 20.9. The third kappa shape index (κ3) is 5.38. The van der Waals surface area contributed by atoms with E-state index in [2.05, 4.69) is 50.4 Å². The largest absolute Gasteiger partial charge is 0.497 e. The van der Waals surface area contributed by atoms with Crippen molar-refractivity contribution in [3.05, 3.63) is 70.3 Å². The second-order valence-corrected chi connectivity index (χ2v) is 7.52. The number of rotatable bonds is 8. The summed E-state index contributed by atoms with van der Waals surface area (Å²) in [6, 6.07) is 16.0. The lowest BCUT2D eigenvalue weighted by Crippen LogP contribution is -2.13. The van der Waals surface area contributed by atoms with E-state index in [4.69, 9.17) is 9.47 Å². The number of hydrogen-bond acceptors (Lipinski definition) is 6. The summed E-state index contributed by atoms with van der Waals surface area (Å²) in [7, 11) is 3.32. The first-order chi connectivity index (χ1) is 14.0. The van der Waals surface area contributed by atoms with Gasteiger partial charge < -0.3 is 20.1 Å². The summed E-state index contributed by atoms with van der Waals surface area (Å²) >= 11 is 3.53. The van der Waals surface area contributed by atoms with Gasteiger partial charge in [-0.15, -0.1) is 0 Å². The second kappa shape index (κ2) is 9.60. The molecule has 3 rings (SSSR count). The van der Waals surface area contributed by atoms with Crippen molar-refractivity contribution in [2.45, 2.75) is 25.9 Å². The van der Waals surface area contributed by atoms with E-state index < -0.39 is 0 Å². The zero-order chi connectivity index (χ0) is 20.8. The highest BCUT2D eigenvalue weighted by molar-refractivity contribution is 9.10. The van der Waals surface area contributed by atoms with Crippen LogP contribution in [0.1, 0.15) is 37.1 Å². The lowest BCUT2D eigenvalue weighted by molar-refractivity contribution is 0.414. The Morgan fingerprint density at radius 3 is 1.76 bits per heavy atom. The molecule has 0 saturated carbocycles. The molecular formula is C22H25BrN4O2. The number of nitrogens with zero attached hydrogens (tertiary/aromatic N) is 2. The predicted octanol–water partition coefficient (Wildman–Crippen LogP) is 5.60. The Morgan fingerprint density at radius 1 is 0.793 bits per heavy atom. The summed E-state index contributed by atoms with van der Waals surface area (Å²) in [5.41, 5.74) is 2.26. The van der Waals surface area contributed by atoms with Gasteiger partial charge in [-0.2, -0.15) is 4.98 Å². The minimum Gasteiger partial charge on any atom is -0.497 e. The van der Waals surface area contributed by atoms with Crippen LogP contribution in [0.15, 0.2) is 59.2 Å². The van der Waals surface area contributed by atoms with Gasteiger partial charge in [0.15, 0.2) is 0 Å². The molecule has 0 bridgehead atoms. The molecule has 1 aromatic heterocycles. The molecule has 0 radical (unpaired) electrons. The van der Waals surface area contributed by atoms with Crippen molar-refractivity contribution < 1.29 is 9.47 Å². The zero-order valence-corrected chi connectivity index (χ0v) is 18.5. The normalized spacial score (nSPS) is 12.7. The molecular weight excluding hydrogens is 432 g/mol. The van der Waals surface area contributed by atoms with Gasteiger partial charge in [-0.25, -0.2) is 4.98 Å². The molecule has 2 aromatic carbocycles. The summed E-state index contributed by atoms with van der Waals surface area (Å²) in [5, 5.41) is 6.79. The Hall–Kier alpha value is -2.80. The van der Waals surface area contributed by atoms with Crippen LogP contribution in [0.2, 0.25) is 0 Å². The minimum atomic E-state index is 0.0499. The predicted molar refractivity (Wildman–Crippen MR) is 120 cm³/mol. The highest BCUT2D eigenvalue weighted by Gasteiger charge is 2.13. The van der Waals surface area contributed by atoms with E-state index in [9.17, 15) is 0 Å². The van der Waals surface area contributed by atoms with Crippen molar-refractivity contribution in [2.75, 3.05) is 24.9 Å². The van der Waals surface area contributed by atoms with E-state index in [-0.39, 0.29) is 12.1 Å². The molecule has 6 nitrogen and oxygen atoms in total. The van der Waals surface area contributed by atoms with Crippen LogP contribution >= 0.6 is 15.9 Å². The van der Waals surface area contributed by atoms with Crippen LogP contribution in [0.25, 0.3) is 0 Å².